The van der Waals surface area contributed by atoms with E-state index in [1.165, 1.54) is 18.2 Å². The maximum Gasteiger partial charge on any atom is 0.288 e. The number of methoxy groups -OCH3 is 1. The molecule has 0 radical (unpaired) electrons. The molecule has 0 unspecified atom stereocenters. The van der Waals surface area contributed by atoms with Gasteiger partial charge in [0.05, 0.1) is 17.6 Å². The molecule has 0 saturated carbocycles. The van der Waals surface area contributed by atoms with Crippen molar-refractivity contribution in [3.63, 3.8) is 0 Å². The average Bonchev–Trinajstić information content (AvgIpc) is 3.08. The Morgan fingerprint density at radius 3 is 2.80 bits per heavy atom. The summed E-state index contributed by atoms with van der Waals surface area (Å²) in [5, 5.41) is 14.6. The van der Waals surface area contributed by atoms with Crippen molar-refractivity contribution in [1.82, 2.24) is 10.1 Å². The second kappa shape index (κ2) is 7.18. The second-order valence-electron chi connectivity index (χ2n) is 4.87. The number of hydrogen-bond donors (Lipinski definition) is 0. The van der Waals surface area contributed by atoms with Gasteiger partial charge in [0.15, 0.2) is 6.61 Å². The predicted molar refractivity (Wildman–Crippen MR) is 88.7 cm³/mol. The Morgan fingerprint density at radius 2 is 2.08 bits per heavy atom. The molecule has 1 aromatic heterocycles. The van der Waals surface area contributed by atoms with Crippen LogP contribution in [-0.2, 0) is 6.61 Å². The lowest BCUT2D eigenvalue weighted by molar-refractivity contribution is -0.384. The number of ether oxygens (including phenoxy) is 2. The van der Waals surface area contributed by atoms with Gasteiger partial charge in [-0.25, -0.2) is 0 Å². The van der Waals surface area contributed by atoms with Crippen molar-refractivity contribution in [2.24, 2.45) is 0 Å². The third-order valence-electron chi connectivity index (χ3n) is 3.29. The molecule has 0 aliphatic rings. The summed E-state index contributed by atoms with van der Waals surface area (Å²) in [6, 6.07) is 11.4. The molecule has 3 aromatic rings. The summed E-state index contributed by atoms with van der Waals surface area (Å²) in [6.07, 6.45) is 0. The fourth-order valence-electron chi connectivity index (χ4n) is 2.12. The van der Waals surface area contributed by atoms with Gasteiger partial charge in [-0.2, -0.15) is 4.98 Å². The number of rotatable bonds is 6. The fourth-order valence-corrected chi connectivity index (χ4v) is 2.36. The first kappa shape index (κ1) is 16.7. The Balaban J connectivity index is 1.72. The quantitative estimate of drug-likeness (QED) is 0.485. The molecular weight excluding hydrogens is 350 g/mol. The van der Waals surface area contributed by atoms with E-state index in [-0.39, 0.29) is 23.2 Å². The predicted octanol–water partition coefficient (Wildman–Crippen LogP) is 3.89. The first-order valence-corrected chi connectivity index (χ1v) is 7.49. The van der Waals surface area contributed by atoms with Crippen molar-refractivity contribution < 1.29 is 18.9 Å². The molecule has 9 heteroatoms. The van der Waals surface area contributed by atoms with Crippen LogP contribution in [0.1, 0.15) is 5.89 Å². The molecule has 0 amide bonds. The molecule has 0 aliphatic carbocycles. The van der Waals surface area contributed by atoms with E-state index in [0.29, 0.717) is 22.9 Å². The topological polar surface area (TPSA) is 101 Å². The van der Waals surface area contributed by atoms with Crippen molar-refractivity contribution in [1.29, 1.82) is 0 Å². The minimum absolute atomic E-state index is 0.00368. The van der Waals surface area contributed by atoms with Gasteiger partial charge in [0.1, 0.15) is 16.5 Å². The van der Waals surface area contributed by atoms with Crippen LogP contribution in [0.4, 0.5) is 5.69 Å². The van der Waals surface area contributed by atoms with Gasteiger partial charge >= 0.3 is 0 Å². The van der Waals surface area contributed by atoms with Gasteiger partial charge in [0.2, 0.25) is 5.82 Å². The maximum atomic E-state index is 10.7. The van der Waals surface area contributed by atoms with Crippen molar-refractivity contribution >= 4 is 17.3 Å². The van der Waals surface area contributed by atoms with Gasteiger partial charge in [0, 0.05) is 12.1 Å². The number of nitrogens with zero attached hydrogens (tertiary/aromatic N) is 3. The lowest BCUT2D eigenvalue weighted by Crippen LogP contribution is -1.97. The van der Waals surface area contributed by atoms with Crippen LogP contribution < -0.4 is 9.47 Å². The molecule has 3 rings (SSSR count). The van der Waals surface area contributed by atoms with E-state index in [4.69, 9.17) is 25.6 Å². The van der Waals surface area contributed by atoms with Crippen molar-refractivity contribution in [3.05, 3.63) is 63.5 Å². The van der Waals surface area contributed by atoms with Crippen molar-refractivity contribution in [2.45, 2.75) is 6.61 Å². The number of aromatic nitrogens is 2. The minimum atomic E-state index is -0.566. The zero-order chi connectivity index (χ0) is 17.8. The minimum Gasteiger partial charge on any atom is -0.496 e. The number of nitro groups is 1. The van der Waals surface area contributed by atoms with E-state index in [0.717, 1.165) is 0 Å². The van der Waals surface area contributed by atoms with Crippen LogP contribution >= 0.6 is 11.6 Å². The molecule has 0 atom stereocenters. The van der Waals surface area contributed by atoms with E-state index >= 15 is 0 Å². The molecule has 2 aromatic carbocycles. The van der Waals surface area contributed by atoms with Crippen LogP contribution in [-0.4, -0.2) is 22.2 Å². The van der Waals surface area contributed by atoms with Crippen LogP contribution in [0, 0.1) is 10.1 Å². The molecule has 0 aliphatic heterocycles. The highest BCUT2D eigenvalue weighted by Gasteiger charge is 2.15. The van der Waals surface area contributed by atoms with E-state index in [1.807, 2.05) is 18.2 Å². The third-order valence-corrected chi connectivity index (χ3v) is 3.60. The summed E-state index contributed by atoms with van der Waals surface area (Å²) in [6.45, 7) is -0.00368. The molecule has 128 valence electrons. The zero-order valence-corrected chi connectivity index (χ0v) is 13.8. The molecule has 0 fully saturated rings. The first-order chi connectivity index (χ1) is 12.1. The highest BCUT2D eigenvalue weighted by molar-refractivity contribution is 6.32. The van der Waals surface area contributed by atoms with Gasteiger partial charge in [-0.3, -0.25) is 10.1 Å². The van der Waals surface area contributed by atoms with E-state index in [2.05, 4.69) is 10.1 Å². The van der Waals surface area contributed by atoms with E-state index in [1.54, 1.807) is 13.2 Å². The Hall–Kier alpha value is -3.13. The Kier molecular flexibility index (Phi) is 4.80. The molecule has 0 saturated heterocycles. The Labute approximate surface area is 147 Å². The summed E-state index contributed by atoms with van der Waals surface area (Å²) in [4.78, 5) is 14.4. The number of benzene rings is 2. The summed E-state index contributed by atoms with van der Waals surface area (Å²) in [5.41, 5.74) is 0.503. The van der Waals surface area contributed by atoms with Crippen molar-refractivity contribution in [2.75, 3.05) is 7.11 Å². The molecule has 0 bridgehead atoms. The molecule has 8 nitrogen and oxygen atoms in total. The van der Waals surface area contributed by atoms with Crippen LogP contribution in [0.15, 0.2) is 47.0 Å². The number of hydrogen-bond acceptors (Lipinski definition) is 7. The Bertz CT molecular complexity index is 912. The van der Waals surface area contributed by atoms with E-state index in [9.17, 15) is 10.1 Å². The van der Waals surface area contributed by atoms with Gasteiger partial charge in [-0.05, 0) is 18.2 Å². The zero-order valence-electron chi connectivity index (χ0n) is 13.0. The lowest BCUT2D eigenvalue weighted by atomic mass is 10.2. The first-order valence-electron chi connectivity index (χ1n) is 7.11. The molecule has 0 spiro atoms. The van der Waals surface area contributed by atoms with Gasteiger partial charge in [0.25, 0.3) is 11.6 Å². The number of para-hydroxylation sites is 1. The smallest absolute Gasteiger partial charge is 0.288 e. The summed E-state index contributed by atoms with van der Waals surface area (Å²) >= 11 is 5.84. The fraction of sp³-hybridized carbons (Fsp3) is 0.125. The Morgan fingerprint density at radius 1 is 1.28 bits per heavy atom. The monoisotopic (exact) mass is 361 g/mol. The van der Waals surface area contributed by atoms with Crippen LogP contribution in [0.5, 0.6) is 11.5 Å². The SMILES string of the molecule is COc1ccccc1-c1noc(COc2ccc([N+](=O)[O-])c(Cl)c2)n1. The average molecular weight is 362 g/mol. The molecule has 1 heterocycles. The highest BCUT2D eigenvalue weighted by atomic mass is 35.5. The molecular formula is C16H12ClN3O5. The lowest BCUT2D eigenvalue weighted by Gasteiger charge is -2.04. The third kappa shape index (κ3) is 3.69. The molecule has 0 N–H and O–H groups in total. The van der Waals surface area contributed by atoms with Crippen LogP contribution in [0.25, 0.3) is 11.4 Å². The standard InChI is InChI=1S/C16H12ClN3O5/c1-23-14-5-3-2-4-11(14)16-18-15(25-19-16)9-24-10-6-7-13(20(21)22)12(17)8-10/h2-8H,9H2,1H3. The second-order valence-corrected chi connectivity index (χ2v) is 5.28. The van der Waals surface area contributed by atoms with Crippen LogP contribution in [0.3, 0.4) is 0 Å². The maximum absolute atomic E-state index is 10.7. The van der Waals surface area contributed by atoms with E-state index < -0.39 is 4.92 Å². The normalized spacial score (nSPS) is 10.5. The molecule has 25 heavy (non-hydrogen) atoms. The van der Waals surface area contributed by atoms with Gasteiger partial charge in [-0.1, -0.05) is 28.9 Å². The summed E-state index contributed by atoms with van der Waals surface area (Å²) in [7, 11) is 1.56. The largest absolute Gasteiger partial charge is 0.496 e. The summed E-state index contributed by atoms with van der Waals surface area (Å²) in [5.74, 6) is 1.60. The number of halogens is 1. The van der Waals surface area contributed by atoms with Crippen molar-refractivity contribution in [3.8, 4) is 22.9 Å². The highest BCUT2D eigenvalue weighted by Crippen LogP contribution is 2.29. The van der Waals surface area contributed by atoms with Crippen LogP contribution in [0.2, 0.25) is 5.02 Å². The van der Waals surface area contributed by atoms with Gasteiger partial charge < -0.3 is 14.0 Å². The number of nitro benzene ring substituents is 1. The summed E-state index contributed by atoms with van der Waals surface area (Å²) < 4.78 is 15.9. The van der Waals surface area contributed by atoms with Gasteiger partial charge in [-0.15, -0.1) is 0 Å².